The van der Waals surface area contributed by atoms with Crippen LogP contribution in [-0.4, -0.2) is 41.9 Å². The average molecular weight is 342 g/mol. The van der Waals surface area contributed by atoms with Gasteiger partial charge in [-0.2, -0.15) is 0 Å². The van der Waals surface area contributed by atoms with Crippen molar-refractivity contribution in [3.8, 4) is 5.75 Å². The second-order valence-electron chi connectivity index (χ2n) is 6.13. The highest BCUT2D eigenvalue weighted by Gasteiger charge is 2.27. The van der Waals surface area contributed by atoms with Crippen molar-refractivity contribution < 1.29 is 18.7 Å². The van der Waals surface area contributed by atoms with E-state index in [1.165, 1.54) is 6.26 Å². The highest BCUT2D eigenvalue weighted by Crippen LogP contribution is 2.15. The van der Waals surface area contributed by atoms with Crippen LogP contribution in [0, 0.1) is 0 Å². The summed E-state index contributed by atoms with van der Waals surface area (Å²) in [6, 6.07) is 12.7. The Balaban J connectivity index is 1.45. The van der Waals surface area contributed by atoms with Crippen molar-refractivity contribution in [2.45, 2.75) is 31.9 Å². The van der Waals surface area contributed by atoms with E-state index in [1.807, 2.05) is 30.3 Å². The summed E-state index contributed by atoms with van der Waals surface area (Å²) in [5, 5.41) is 3.01. The Kier molecular flexibility index (Phi) is 5.38. The number of hydrogen-bond acceptors (Lipinski definition) is 4. The van der Waals surface area contributed by atoms with E-state index >= 15 is 0 Å². The zero-order valence-corrected chi connectivity index (χ0v) is 14.2. The number of hydrogen-bond donors (Lipinski definition) is 1. The lowest BCUT2D eigenvalue weighted by molar-refractivity contribution is -0.128. The Morgan fingerprint density at radius 3 is 2.52 bits per heavy atom. The standard InChI is InChI=1S/C19H22N2O4/c1-14(25-16-6-3-2-4-7-16)18(22)20-15-9-11-21(12-10-15)19(23)17-8-5-13-24-17/h2-8,13-15H,9-12H2,1H3,(H,20,22)/t14-/m1/s1. The summed E-state index contributed by atoms with van der Waals surface area (Å²) in [6.07, 6.45) is 2.37. The van der Waals surface area contributed by atoms with Gasteiger partial charge in [0.1, 0.15) is 5.75 Å². The summed E-state index contributed by atoms with van der Waals surface area (Å²) < 4.78 is 10.8. The largest absolute Gasteiger partial charge is 0.481 e. The number of amides is 2. The van der Waals surface area contributed by atoms with Gasteiger partial charge in [0.2, 0.25) is 0 Å². The maximum Gasteiger partial charge on any atom is 0.289 e. The summed E-state index contributed by atoms with van der Waals surface area (Å²) >= 11 is 0. The molecule has 1 aromatic heterocycles. The maximum absolute atomic E-state index is 12.3. The predicted octanol–water partition coefficient (Wildman–Crippen LogP) is 2.47. The number of nitrogens with zero attached hydrogens (tertiary/aromatic N) is 1. The second kappa shape index (κ2) is 7.88. The molecule has 1 aliphatic rings. The van der Waals surface area contributed by atoms with E-state index in [4.69, 9.17) is 9.15 Å². The third-order valence-electron chi connectivity index (χ3n) is 4.29. The van der Waals surface area contributed by atoms with Crippen LogP contribution in [0.4, 0.5) is 0 Å². The molecule has 0 aliphatic carbocycles. The summed E-state index contributed by atoms with van der Waals surface area (Å²) in [5.74, 6) is 0.784. The van der Waals surface area contributed by atoms with E-state index in [9.17, 15) is 9.59 Å². The first-order valence-electron chi connectivity index (χ1n) is 8.48. The van der Waals surface area contributed by atoms with Gasteiger partial charge in [0.25, 0.3) is 11.8 Å². The number of furan rings is 1. The Labute approximate surface area is 146 Å². The molecule has 2 amide bonds. The number of carbonyl (C=O) groups excluding carboxylic acids is 2. The zero-order valence-electron chi connectivity index (χ0n) is 14.2. The molecule has 1 N–H and O–H groups in total. The van der Waals surface area contributed by atoms with Gasteiger partial charge in [-0.15, -0.1) is 0 Å². The van der Waals surface area contributed by atoms with Crippen LogP contribution in [-0.2, 0) is 4.79 Å². The fourth-order valence-electron chi connectivity index (χ4n) is 2.86. The van der Waals surface area contributed by atoms with Crippen molar-refractivity contribution in [1.29, 1.82) is 0 Å². The van der Waals surface area contributed by atoms with E-state index in [1.54, 1.807) is 24.0 Å². The van der Waals surface area contributed by atoms with E-state index in [0.29, 0.717) is 24.6 Å². The fraction of sp³-hybridized carbons (Fsp3) is 0.368. The van der Waals surface area contributed by atoms with Gasteiger partial charge >= 0.3 is 0 Å². The molecule has 2 heterocycles. The fourth-order valence-corrected chi connectivity index (χ4v) is 2.86. The van der Waals surface area contributed by atoms with Crippen LogP contribution in [0.3, 0.4) is 0 Å². The third-order valence-corrected chi connectivity index (χ3v) is 4.29. The van der Waals surface area contributed by atoms with Gasteiger partial charge in [-0.05, 0) is 44.0 Å². The van der Waals surface area contributed by atoms with Crippen LogP contribution in [0.2, 0.25) is 0 Å². The molecule has 6 nitrogen and oxygen atoms in total. The molecule has 1 aliphatic heterocycles. The zero-order chi connectivity index (χ0) is 17.6. The first-order chi connectivity index (χ1) is 12.1. The van der Waals surface area contributed by atoms with Gasteiger partial charge in [0.05, 0.1) is 6.26 Å². The van der Waals surface area contributed by atoms with Crippen molar-refractivity contribution in [3.05, 3.63) is 54.5 Å². The van der Waals surface area contributed by atoms with Crippen LogP contribution in [0.25, 0.3) is 0 Å². The molecule has 0 bridgehead atoms. The minimum atomic E-state index is -0.565. The van der Waals surface area contributed by atoms with Crippen molar-refractivity contribution in [2.75, 3.05) is 13.1 Å². The topological polar surface area (TPSA) is 71.8 Å². The SMILES string of the molecule is C[C@@H](Oc1ccccc1)C(=O)NC1CCN(C(=O)c2ccco2)CC1. The molecule has 25 heavy (non-hydrogen) atoms. The molecular formula is C19H22N2O4. The Morgan fingerprint density at radius 1 is 1.16 bits per heavy atom. The monoisotopic (exact) mass is 342 g/mol. The van der Waals surface area contributed by atoms with Crippen molar-refractivity contribution >= 4 is 11.8 Å². The van der Waals surface area contributed by atoms with Crippen molar-refractivity contribution in [3.63, 3.8) is 0 Å². The molecule has 6 heteroatoms. The molecular weight excluding hydrogens is 320 g/mol. The number of rotatable bonds is 5. The van der Waals surface area contributed by atoms with E-state index in [2.05, 4.69) is 5.32 Å². The van der Waals surface area contributed by atoms with Gasteiger partial charge in [-0.25, -0.2) is 0 Å². The van der Waals surface area contributed by atoms with Crippen LogP contribution in [0.5, 0.6) is 5.75 Å². The molecule has 0 radical (unpaired) electrons. The van der Waals surface area contributed by atoms with Crippen LogP contribution in [0.15, 0.2) is 53.1 Å². The molecule has 1 saturated heterocycles. The third kappa shape index (κ3) is 4.41. The minimum Gasteiger partial charge on any atom is -0.481 e. The molecule has 1 atom stereocenters. The molecule has 0 unspecified atom stereocenters. The normalized spacial score (nSPS) is 16.3. The second-order valence-corrected chi connectivity index (χ2v) is 6.13. The molecule has 1 fully saturated rings. The Bertz CT molecular complexity index is 691. The maximum atomic E-state index is 12.3. The number of carbonyl (C=O) groups is 2. The van der Waals surface area contributed by atoms with Gasteiger partial charge < -0.3 is 19.4 Å². The van der Waals surface area contributed by atoms with Crippen molar-refractivity contribution in [1.82, 2.24) is 10.2 Å². The number of ether oxygens (including phenoxy) is 1. The number of likely N-dealkylation sites (tertiary alicyclic amines) is 1. The lowest BCUT2D eigenvalue weighted by Crippen LogP contribution is -2.49. The molecule has 132 valence electrons. The summed E-state index contributed by atoms with van der Waals surface area (Å²) in [6.45, 7) is 2.93. The van der Waals surface area contributed by atoms with Gasteiger partial charge in [-0.3, -0.25) is 9.59 Å². The average Bonchev–Trinajstić information content (AvgIpc) is 3.17. The first kappa shape index (κ1) is 17.1. The smallest absolute Gasteiger partial charge is 0.289 e. The molecule has 0 spiro atoms. The Hall–Kier alpha value is -2.76. The molecule has 3 rings (SSSR count). The number of benzene rings is 1. The molecule has 1 aromatic carbocycles. The number of nitrogens with one attached hydrogen (secondary N) is 1. The lowest BCUT2D eigenvalue weighted by atomic mass is 10.0. The van der Waals surface area contributed by atoms with Crippen LogP contribution in [0.1, 0.15) is 30.3 Å². The highest BCUT2D eigenvalue weighted by molar-refractivity contribution is 5.91. The van der Waals surface area contributed by atoms with Gasteiger partial charge in [-0.1, -0.05) is 18.2 Å². The highest BCUT2D eigenvalue weighted by atomic mass is 16.5. The van der Waals surface area contributed by atoms with Gasteiger partial charge in [0.15, 0.2) is 11.9 Å². The summed E-state index contributed by atoms with van der Waals surface area (Å²) in [5.41, 5.74) is 0. The predicted molar refractivity (Wildman–Crippen MR) is 92.3 cm³/mol. The number of piperidine rings is 1. The molecule has 2 aromatic rings. The number of para-hydroxylation sites is 1. The lowest BCUT2D eigenvalue weighted by Gasteiger charge is -2.32. The first-order valence-corrected chi connectivity index (χ1v) is 8.48. The van der Waals surface area contributed by atoms with Crippen LogP contribution >= 0.6 is 0 Å². The summed E-state index contributed by atoms with van der Waals surface area (Å²) in [4.78, 5) is 26.3. The van der Waals surface area contributed by atoms with E-state index in [-0.39, 0.29) is 17.9 Å². The van der Waals surface area contributed by atoms with E-state index in [0.717, 1.165) is 12.8 Å². The molecule has 0 saturated carbocycles. The van der Waals surface area contributed by atoms with Crippen LogP contribution < -0.4 is 10.1 Å². The minimum absolute atomic E-state index is 0.0509. The summed E-state index contributed by atoms with van der Waals surface area (Å²) in [7, 11) is 0. The quantitative estimate of drug-likeness (QED) is 0.906. The van der Waals surface area contributed by atoms with Gasteiger partial charge in [0, 0.05) is 19.1 Å². The Morgan fingerprint density at radius 2 is 1.88 bits per heavy atom. The van der Waals surface area contributed by atoms with Crippen molar-refractivity contribution in [2.24, 2.45) is 0 Å². The van der Waals surface area contributed by atoms with E-state index < -0.39 is 6.10 Å².